The Bertz CT molecular complexity index is 317. The lowest BCUT2D eigenvalue weighted by atomic mass is 9.99. The number of thioether (sulfide) groups is 1. The van der Waals surface area contributed by atoms with E-state index in [9.17, 15) is 0 Å². The van der Waals surface area contributed by atoms with E-state index in [4.69, 9.17) is 11.5 Å². The zero-order valence-corrected chi connectivity index (χ0v) is 9.18. The third kappa shape index (κ3) is 1.80. The highest BCUT2D eigenvalue weighted by atomic mass is 32.2. The van der Waals surface area contributed by atoms with E-state index >= 15 is 0 Å². The monoisotopic (exact) mass is 208 g/mol. The second-order valence-electron chi connectivity index (χ2n) is 3.98. The zero-order valence-electron chi connectivity index (χ0n) is 8.36. The first-order chi connectivity index (χ1) is 6.65. The summed E-state index contributed by atoms with van der Waals surface area (Å²) in [5.74, 6) is 0. The fourth-order valence-corrected chi connectivity index (χ4v) is 2.01. The number of rotatable bonds is 3. The van der Waals surface area contributed by atoms with Gasteiger partial charge in [-0.1, -0.05) is 12.1 Å². The van der Waals surface area contributed by atoms with Gasteiger partial charge in [-0.15, -0.1) is 11.8 Å². The SMILES string of the molecule is CSc1ccc(C(N)C2(N)CC2)cc1. The number of hydrogen-bond acceptors (Lipinski definition) is 3. The van der Waals surface area contributed by atoms with E-state index in [0.29, 0.717) is 0 Å². The van der Waals surface area contributed by atoms with Crippen LogP contribution in [0.3, 0.4) is 0 Å². The van der Waals surface area contributed by atoms with Crippen molar-refractivity contribution in [1.29, 1.82) is 0 Å². The van der Waals surface area contributed by atoms with Gasteiger partial charge >= 0.3 is 0 Å². The molecular weight excluding hydrogens is 192 g/mol. The summed E-state index contributed by atoms with van der Waals surface area (Å²) in [6, 6.07) is 8.38. The van der Waals surface area contributed by atoms with Crippen molar-refractivity contribution in [1.82, 2.24) is 0 Å². The standard InChI is InChI=1S/C11H16N2S/c1-14-9-4-2-8(3-5-9)10(12)11(13)6-7-11/h2-5,10H,6-7,12-13H2,1H3. The molecule has 0 bridgehead atoms. The Morgan fingerprint density at radius 1 is 1.29 bits per heavy atom. The minimum absolute atomic E-state index is 0.00148. The van der Waals surface area contributed by atoms with Crippen molar-refractivity contribution in [3.63, 3.8) is 0 Å². The van der Waals surface area contributed by atoms with Crippen molar-refractivity contribution in [3.05, 3.63) is 29.8 Å². The highest BCUT2D eigenvalue weighted by Gasteiger charge is 2.44. The molecular formula is C11H16N2S. The molecule has 0 aromatic heterocycles. The van der Waals surface area contributed by atoms with Gasteiger partial charge in [0.15, 0.2) is 0 Å². The Morgan fingerprint density at radius 2 is 1.86 bits per heavy atom. The van der Waals surface area contributed by atoms with Crippen LogP contribution in [0.15, 0.2) is 29.2 Å². The summed E-state index contributed by atoms with van der Waals surface area (Å²) in [4.78, 5) is 1.27. The molecule has 1 unspecified atom stereocenters. The molecule has 3 heteroatoms. The van der Waals surface area contributed by atoms with E-state index in [0.717, 1.165) is 18.4 Å². The largest absolute Gasteiger partial charge is 0.323 e. The molecule has 1 saturated carbocycles. The second-order valence-corrected chi connectivity index (χ2v) is 4.86. The second kappa shape index (κ2) is 3.57. The molecule has 76 valence electrons. The lowest BCUT2D eigenvalue weighted by molar-refractivity contribution is 0.536. The van der Waals surface area contributed by atoms with E-state index in [2.05, 4.69) is 30.5 Å². The first-order valence-electron chi connectivity index (χ1n) is 4.84. The molecule has 4 N–H and O–H groups in total. The van der Waals surface area contributed by atoms with Gasteiger partial charge in [-0.05, 0) is 36.8 Å². The maximum Gasteiger partial charge on any atom is 0.0477 e. The van der Waals surface area contributed by atoms with E-state index in [1.165, 1.54) is 4.90 Å². The van der Waals surface area contributed by atoms with Gasteiger partial charge in [0.25, 0.3) is 0 Å². The van der Waals surface area contributed by atoms with Crippen LogP contribution in [0.25, 0.3) is 0 Å². The Balaban J connectivity index is 2.16. The Morgan fingerprint density at radius 3 is 2.29 bits per heavy atom. The molecule has 0 radical (unpaired) electrons. The van der Waals surface area contributed by atoms with Gasteiger partial charge in [-0.25, -0.2) is 0 Å². The van der Waals surface area contributed by atoms with Crippen molar-refractivity contribution in [2.75, 3.05) is 6.26 Å². The number of benzene rings is 1. The average Bonchev–Trinajstić information content (AvgIpc) is 2.97. The summed E-state index contributed by atoms with van der Waals surface area (Å²) in [5.41, 5.74) is 13.2. The highest BCUT2D eigenvalue weighted by molar-refractivity contribution is 7.98. The summed E-state index contributed by atoms with van der Waals surface area (Å²) < 4.78 is 0. The predicted molar refractivity (Wildman–Crippen MR) is 61.3 cm³/mol. The van der Waals surface area contributed by atoms with Gasteiger partial charge < -0.3 is 11.5 Å². The Kier molecular flexibility index (Phi) is 2.56. The Hall–Kier alpha value is -0.510. The molecule has 0 aliphatic heterocycles. The van der Waals surface area contributed by atoms with Crippen LogP contribution in [0.2, 0.25) is 0 Å². The van der Waals surface area contributed by atoms with E-state index < -0.39 is 0 Å². The molecule has 14 heavy (non-hydrogen) atoms. The molecule has 0 heterocycles. The molecule has 0 spiro atoms. The lowest BCUT2D eigenvalue weighted by Crippen LogP contribution is -2.36. The molecule has 1 atom stereocenters. The summed E-state index contributed by atoms with van der Waals surface area (Å²) >= 11 is 1.74. The van der Waals surface area contributed by atoms with E-state index in [1.807, 2.05) is 0 Å². The molecule has 1 aliphatic rings. The minimum atomic E-state index is -0.124. The topological polar surface area (TPSA) is 52.0 Å². The fourth-order valence-electron chi connectivity index (χ4n) is 1.60. The van der Waals surface area contributed by atoms with Gasteiger partial charge in [-0.3, -0.25) is 0 Å². The van der Waals surface area contributed by atoms with Crippen molar-refractivity contribution >= 4 is 11.8 Å². The van der Waals surface area contributed by atoms with Crippen LogP contribution in [-0.4, -0.2) is 11.8 Å². The van der Waals surface area contributed by atoms with E-state index in [1.54, 1.807) is 11.8 Å². The molecule has 1 aromatic carbocycles. The van der Waals surface area contributed by atoms with Gasteiger partial charge in [0.05, 0.1) is 0 Å². The van der Waals surface area contributed by atoms with Crippen molar-refractivity contribution < 1.29 is 0 Å². The molecule has 1 aliphatic carbocycles. The summed E-state index contributed by atoms with van der Waals surface area (Å²) in [6.07, 6.45) is 4.18. The van der Waals surface area contributed by atoms with Crippen LogP contribution in [0.4, 0.5) is 0 Å². The number of hydrogen-bond donors (Lipinski definition) is 2. The zero-order chi connectivity index (χ0) is 10.2. The lowest BCUT2D eigenvalue weighted by Gasteiger charge is -2.19. The fraction of sp³-hybridized carbons (Fsp3) is 0.455. The van der Waals surface area contributed by atoms with Crippen molar-refractivity contribution in [2.45, 2.75) is 29.3 Å². The molecule has 2 nitrogen and oxygen atoms in total. The summed E-state index contributed by atoms with van der Waals surface area (Å²) in [6.45, 7) is 0. The molecule has 1 aromatic rings. The molecule has 2 rings (SSSR count). The van der Waals surface area contributed by atoms with Crippen molar-refractivity contribution in [3.8, 4) is 0 Å². The summed E-state index contributed by atoms with van der Waals surface area (Å²) in [7, 11) is 0. The molecule has 0 saturated heterocycles. The van der Waals surface area contributed by atoms with Crippen LogP contribution in [-0.2, 0) is 0 Å². The predicted octanol–water partition coefficient (Wildman–Crippen LogP) is 1.90. The van der Waals surface area contributed by atoms with Crippen LogP contribution >= 0.6 is 11.8 Å². The number of nitrogens with two attached hydrogens (primary N) is 2. The highest BCUT2D eigenvalue weighted by Crippen LogP contribution is 2.42. The third-order valence-corrected chi connectivity index (χ3v) is 3.67. The van der Waals surface area contributed by atoms with Crippen LogP contribution in [0.1, 0.15) is 24.4 Å². The van der Waals surface area contributed by atoms with Gasteiger partial charge in [0.1, 0.15) is 0 Å². The maximum atomic E-state index is 6.09. The maximum absolute atomic E-state index is 6.09. The van der Waals surface area contributed by atoms with Crippen molar-refractivity contribution in [2.24, 2.45) is 11.5 Å². The first kappa shape index (κ1) is 10.0. The van der Waals surface area contributed by atoms with Gasteiger partial charge in [0.2, 0.25) is 0 Å². The average molecular weight is 208 g/mol. The summed E-state index contributed by atoms with van der Waals surface area (Å²) in [5, 5.41) is 0. The van der Waals surface area contributed by atoms with Gasteiger partial charge in [0, 0.05) is 16.5 Å². The minimum Gasteiger partial charge on any atom is -0.323 e. The normalized spacial score (nSPS) is 20.5. The quantitative estimate of drug-likeness (QED) is 0.746. The smallest absolute Gasteiger partial charge is 0.0477 e. The van der Waals surface area contributed by atoms with Crippen LogP contribution < -0.4 is 11.5 Å². The van der Waals surface area contributed by atoms with Crippen LogP contribution in [0, 0.1) is 0 Å². The molecule has 0 amide bonds. The van der Waals surface area contributed by atoms with Crippen LogP contribution in [0.5, 0.6) is 0 Å². The molecule has 1 fully saturated rings. The first-order valence-corrected chi connectivity index (χ1v) is 6.06. The Labute approximate surface area is 89.1 Å². The van der Waals surface area contributed by atoms with E-state index in [-0.39, 0.29) is 11.6 Å². The van der Waals surface area contributed by atoms with Gasteiger partial charge in [-0.2, -0.15) is 0 Å². The third-order valence-electron chi connectivity index (χ3n) is 2.92.